The lowest BCUT2D eigenvalue weighted by Crippen LogP contribution is -2.06. The van der Waals surface area contributed by atoms with Gasteiger partial charge in [0.25, 0.3) is 0 Å². The van der Waals surface area contributed by atoms with E-state index >= 15 is 0 Å². The van der Waals surface area contributed by atoms with Gasteiger partial charge in [-0.1, -0.05) is 11.8 Å². The Morgan fingerprint density at radius 3 is 2.79 bits per heavy atom. The molecular weight excluding hydrogens is 264 g/mol. The molecule has 0 bridgehead atoms. The lowest BCUT2D eigenvalue weighted by atomic mass is 10.2. The summed E-state index contributed by atoms with van der Waals surface area (Å²) in [6, 6.07) is 3.56. The summed E-state index contributed by atoms with van der Waals surface area (Å²) in [6.07, 6.45) is 1.46. The second-order valence-corrected chi connectivity index (χ2v) is 4.99. The average Bonchev–Trinajstić information content (AvgIpc) is 2.69. The zero-order valence-electron chi connectivity index (χ0n) is 10.9. The van der Waals surface area contributed by atoms with E-state index in [1.165, 1.54) is 25.1 Å². The molecule has 0 aliphatic heterocycles. The van der Waals surface area contributed by atoms with Crippen LogP contribution in [0.15, 0.2) is 28.4 Å². The fourth-order valence-electron chi connectivity index (χ4n) is 1.58. The van der Waals surface area contributed by atoms with E-state index in [9.17, 15) is 4.79 Å². The molecule has 0 saturated carbocycles. The Balaban J connectivity index is 2.31. The summed E-state index contributed by atoms with van der Waals surface area (Å²) in [5.41, 5.74) is 7.25. The minimum Gasteiger partial charge on any atom is -0.465 e. The van der Waals surface area contributed by atoms with Crippen molar-refractivity contribution in [3.8, 4) is 0 Å². The Labute approximate surface area is 115 Å². The van der Waals surface area contributed by atoms with Gasteiger partial charge in [0.05, 0.1) is 30.3 Å². The van der Waals surface area contributed by atoms with Crippen LogP contribution in [0.25, 0.3) is 0 Å². The largest absolute Gasteiger partial charge is 0.465 e. The number of pyridine rings is 1. The Hall–Kier alpha value is -2.02. The molecule has 2 aromatic rings. The quantitative estimate of drug-likeness (QED) is 0.859. The third kappa shape index (κ3) is 2.87. The number of nitrogens with two attached hydrogens (primary N) is 1. The van der Waals surface area contributed by atoms with E-state index in [0.29, 0.717) is 16.3 Å². The molecule has 2 N–H and O–H groups in total. The predicted molar refractivity (Wildman–Crippen MR) is 72.1 cm³/mol. The minimum atomic E-state index is -0.470. The number of aromatic nitrogens is 3. The maximum absolute atomic E-state index is 11.6. The van der Waals surface area contributed by atoms with Crippen molar-refractivity contribution in [2.45, 2.75) is 17.0 Å². The molecule has 0 radical (unpaired) electrons. The second-order valence-electron chi connectivity index (χ2n) is 3.95. The van der Waals surface area contributed by atoms with Gasteiger partial charge in [0.1, 0.15) is 10.1 Å². The van der Waals surface area contributed by atoms with Crippen molar-refractivity contribution in [2.24, 2.45) is 7.05 Å². The number of hydrogen-bond donors (Lipinski definition) is 1. The van der Waals surface area contributed by atoms with Gasteiger partial charge in [0.2, 0.25) is 0 Å². The van der Waals surface area contributed by atoms with Crippen molar-refractivity contribution in [3.63, 3.8) is 0 Å². The monoisotopic (exact) mass is 278 g/mol. The van der Waals surface area contributed by atoms with Gasteiger partial charge in [-0.2, -0.15) is 5.10 Å². The molecule has 100 valence electrons. The first-order chi connectivity index (χ1) is 9.01. The number of methoxy groups -OCH3 is 1. The molecule has 0 unspecified atom stereocenters. The molecule has 0 aliphatic carbocycles. The standard InChI is InChI=1S/C12H14N4O2S/c1-7-4-11(16(2)15-7)19-10-5-8(12(17)18-3)9(13)6-14-10/h4-6H,13H2,1-3H3. The molecule has 2 rings (SSSR count). The van der Waals surface area contributed by atoms with Crippen molar-refractivity contribution in [1.29, 1.82) is 0 Å². The first-order valence-corrected chi connectivity index (χ1v) is 6.35. The number of rotatable bonds is 3. The van der Waals surface area contributed by atoms with Crippen molar-refractivity contribution < 1.29 is 9.53 Å². The van der Waals surface area contributed by atoms with Gasteiger partial charge in [-0.15, -0.1) is 0 Å². The number of nitrogen functional groups attached to an aromatic ring is 1. The van der Waals surface area contributed by atoms with Gasteiger partial charge in [-0.3, -0.25) is 4.68 Å². The maximum Gasteiger partial charge on any atom is 0.340 e. The topological polar surface area (TPSA) is 83.0 Å². The Bertz CT molecular complexity index is 624. The van der Waals surface area contributed by atoms with E-state index in [-0.39, 0.29) is 0 Å². The van der Waals surface area contributed by atoms with Crippen LogP contribution in [0.3, 0.4) is 0 Å². The van der Waals surface area contributed by atoms with Gasteiger partial charge in [-0.05, 0) is 19.1 Å². The lowest BCUT2D eigenvalue weighted by Gasteiger charge is -2.06. The molecule has 2 aromatic heterocycles. The normalized spacial score (nSPS) is 10.5. The summed E-state index contributed by atoms with van der Waals surface area (Å²) in [5.74, 6) is -0.470. The van der Waals surface area contributed by atoms with Crippen molar-refractivity contribution in [2.75, 3.05) is 12.8 Å². The van der Waals surface area contributed by atoms with Crippen LogP contribution < -0.4 is 5.73 Å². The number of carbonyl (C=O) groups excluding carboxylic acids is 1. The van der Waals surface area contributed by atoms with E-state index in [1.807, 2.05) is 20.0 Å². The number of carbonyl (C=O) groups is 1. The van der Waals surface area contributed by atoms with E-state index in [4.69, 9.17) is 5.73 Å². The van der Waals surface area contributed by atoms with Crippen LogP contribution in [0, 0.1) is 6.92 Å². The zero-order chi connectivity index (χ0) is 14.0. The molecule has 6 nitrogen and oxygen atoms in total. The summed E-state index contributed by atoms with van der Waals surface area (Å²) < 4.78 is 6.44. The molecule has 0 amide bonds. The van der Waals surface area contributed by atoms with Crippen LogP contribution in [0.4, 0.5) is 5.69 Å². The van der Waals surface area contributed by atoms with Gasteiger partial charge < -0.3 is 10.5 Å². The molecule has 19 heavy (non-hydrogen) atoms. The lowest BCUT2D eigenvalue weighted by molar-refractivity contribution is 0.0601. The van der Waals surface area contributed by atoms with Crippen LogP contribution in [-0.2, 0) is 11.8 Å². The third-order valence-corrected chi connectivity index (χ3v) is 3.51. The summed E-state index contributed by atoms with van der Waals surface area (Å²) >= 11 is 1.41. The number of nitrogens with zero attached hydrogens (tertiary/aromatic N) is 3. The highest BCUT2D eigenvalue weighted by Gasteiger charge is 2.13. The fourth-order valence-corrected chi connectivity index (χ4v) is 2.48. The van der Waals surface area contributed by atoms with Gasteiger partial charge in [0.15, 0.2) is 0 Å². The number of ether oxygens (including phenoxy) is 1. The maximum atomic E-state index is 11.6. The highest BCUT2D eigenvalue weighted by atomic mass is 32.2. The number of aryl methyl sites for hydroxylation is 2. The van der Waals surface area contributed by atoms with Crippen LogP contribution in [-0.4, -0.2) is 27.8 Å². The molecular formula is C12H14N4O2S. The number of anilines is 1. The van der Waals surface area contributed by atoms with Crippen molar-refractivity contribution in [3.05, 3.63) is 29.6 Å². The predicted octanol–water partition coefficient (Wildman–Crippen LogP) is 1.64. The van der Waals surface area contributed by atoms with Crippen LogP contribution in [0.2, 0.25) is 0 Å². The molecule has 7 heteroatoms. The van der Waals surface area contributed by atoms with E-state index in [0.717, 1.165) is 10.7 Å². The Morgan fingerprint density at radius 2 is 2.21 bits per heavy atom. The smallest absolute Gasteiger partial charge is 0.340 e. The number of esters is 1. The molecule has 0 atom stereocenters. The number of hydrogen-bond acceptors (Lipinski definition) is 6. The van der Waals surface area contributed by atoms with Crippen LogP contribution in [0.5, 0.6) is 0 Å². The van der Waals surface area contributed by atoms with E-state index in [1.54, 1.807) is 10.7 Å². The average molecular weight is 278 g/mol. The van der Waals surface area contributed by atoms with Crippen molar-refractivity contribution >= 4 is 23.4 Å². The molecule has 0 aromatic carbocycles. The second kappa shape index (κ2) is 5.31. The van der Waals surface area contributed by atoms with E-state index in [2.05, 4.69) is 14.8 Å². The highest BCUT2D eigenvalue weighted by molar-refractivity contribution is 7.99. The van der Waals surface area contributed by atoms with E-state index < -0.39 is 5.97 Å². The molecule has 0 saturated heterocycles. The van der Waals surface area contributed by atoms with Crippen molar-refractivity contribution in [1.82, 2.24) is 14.8 Å². The fraction of sp³-hybridized carbons (Fsp3) is 0.250. The van der Waals surface area contributed by atoms with Crippen LogP contribution in [0.1, 0.15) is 16.1 Å². The zero-order valence-corrected chi connectivity index (χ0v) is 11.7. The van der Waals surface area contributed by atoms with Gasteiger partial charge in [-0.25, -0.2) is 9.78 Å². The minimum absolute atomic E-state index is 0.303. The highest BCUT2D eigenvalue weighted by Crippen LogP contribution is 2.28. The summed E-state index contributed by atoms with van der Waals surface area (Å²) in [7, 11) is 3.17. The molecule has 0 aliphatic rings. The summed E-state index contributed by atoms with van der Waals surface area (Å²) in [6.45, 7) is 1.92. The van der Waals surface area contributed by atoms with Gasteiger partial charge in [0, 0.05) is 7.05 Å². The SMILES string of the molecule is COC(=O)c1cc(Sc2cc(C)nn2C)ncc1N. The summed E-state index contributed by atoms with van der Waals surface area (Å²) in [4.78, 5) is 15.7. The van der Waals surface area contributed by atoms with Crippen LogP contribution >= 0.6 is 11.8 Å². The summed E-state index contributed by atoms with van der Waals surface area (Å²) in [5, 5.41) is 5.85. The molecule has 0 fully saturated rings. The first-order valence-electron chi connectivity index (χ1n) is 5.53. The van der Waals surface area contributed by atoms with Gasteiger partial charge >= 0.3 is 5.97 Å². The Kier molecular flexibility index (Phi) is 3.75. The molecule has 2 heterocycles. The Morgan fingerprint density at radius 1 is 1.47 bits per heavy atom. The third-order valence-electron chi connectivity index (χ3n) is 2.48. The first kappa shape index (κ1) is 13.4. The molecule has 0 spiro atoms.